The fraction of sp³-hybridized carbons (Fsp3) is 0.0556. The zero-order chi connectivity index (χ0) is 19.8. The van der Waals surface area contributed by atoms with Gasteiger partial charge in [0, 0.05) is 11.6 Å². The average molecular weight is 395 g/mol. The lowest BCUT2D eigenvalue weighted by Crippen LogP contribution is -2.14. The number of rotatable bonds is 5. The Kier molecular flexibility index (Phi) is 4.79. The molecule has 0 amide bonds. The van der Waals surface area contributed by atoms with E-state index >= 15 is 0 Å². The summed E-state index contributed by atoms with van der Waals surface area (Å²) < 4.78 is 72.7. The molecule has 9 heteroatoms. The zero-order valence-electron chi connectivity index (χ0n) is 13.8. The predicted molar refractivity (Wildman–Crippen MR) is 90.7 cm³/mol. The molecule has 0 N–H and O–H groups in total. The average Bonchev–Trinajstić information content (AvgIpc) is 3.01. The van der Waals surface area contributed by atoms with E-state index in [0.717, 1.165) is 36.5 Å². The van der Waals surface area contributed by atoms with Crippen molar-refractivity contribution in [3.63, 3.8) is 0 Å². The van der Waals surface area contributed by atoms with Crippen LogP contribution >= 0.6 is 0 Å². The van der Waals surface area contributed by atoms with Crippen LogP contribution < -0.4 is 4.74 Å². The van der Waals surface area contributed by atoms with Gasteiger partial charge < -0.3 is 4.74 Å². The maximum atomic E-state index is 14.3. The second-order valence-electron chi connectivity index (χ2n) is 5.46. The molecular weight excluding hydrogens is 383 g/mol. The highest BCUT2D eigenvalue weighted by Gasteiger charge is 2.28. The van der Waals surface area contributed by atoms with Gasteiger partial charge in [-0.05, 0) is 30.3 Å². The topological polar surface area (TPSA) is 65.4 Å². The van der Waals surface area contributed by atoms with Crippen LogP contribution in [0.2, 0.25) is 0 Å². The summed E-state index contributed by atoms with van der Waals surface area (Å²) in [4.78, 5) is 11.1. The molecule has 0 aliphatic carbocycles. The molecule has 0 saturated heterocycles. The lowest BCUT2D eigenvalue weighted by molar-refractivity contribution is 0.112. The summed E-state index contributed by atoms with van der Waals surface area (Å²) >= 11 is 0. The van der Waals surface area contributed by atoms with Gasteiger partial charge in [0.1, 0.15) is 23.2 Å². The number of aldehydes is 1. The molecule has 0 saturated carbocycles. The molecule has 140 valence electrons. The van der Waals surface area contributed by atoms with E-state index in [2.05, 4.69) is 0 Å². The van der Waals surface area contributed by atoms with Gasteiger partial charge in [-0.25, -0.2) is 25.6 Å². The van der Waals surface area contributed by atoms with E-state index in [9.17, 15) is 26.4 Å². The fourth-order valence-electron chi connectivity index (χ4n) is 2.63. The van der Waals surface area contributed by atoms with Crippen LogP contribution in [-0.4, -0.2) is 25.8 Å². The standard InChI is InChI=1S/C18H12F3NO4S/c1-26-17-9-22(27(24,25)13-4-2-3-11(19)7-13)18(15(17)10-23)14-6-5-12(20)8-16(14)21/h2-10H,1H3. The quantitative estimate of drug-likeness (QED) is 0.619. The number of halogens is 3. The molecular formula is C18H12F3NO4S. The van der Waals surface area contributed by atoms with Gasteiger partial charge in [0.05, 0.1) is 29.5 Å². The summed E-state index contributed by atoms with van der Waals surface area (Å²) in [6, 6.07) is 6.68. The van der Waals surface area contributed by atoms with Crippen molar-refractivity contribution in [3.8, 4) is 17.0 Å². The molecule has 2 aromatic carbocycles. The van der Waals surface area contributed by atoms with E-state index in [0.29, 0.717) is 16.3 Å². The Balaban J connectivity index is 2.37. The minimum Gasteiger partial charge on any atom is -0.494 e. The van der Waals surface area contributed by atoms with E-state index in [1.807, 2.05) is 0 Å². The van der Waals surface area contributed by atoms with Crippen LogP contribution in [0.1, 0.15) is 10.4 Å². The first-order valence-corrected chi connectivity index (χ1v) is 8.94. The number of carbonyl (C=O) groups excluding carboxylic acids is 1. The summed E-state index contributed by atoms with van der Waals surface area (Å²) in [6.45, 7) is 0. The van der Waals surface area contributed by atoms with Gasteiger partial charge in [-0.15, -0.1) is 0 Å². The molecule has 0 aliphatic heterocycles. The highest BCUT2D eigenvalue weighted by atomic mass is 32.2. The van der Waals surface area contributed by atoms with Crippen molar-refractivity contribution in [3.05, 3.63) is 71.7 Å². The first kappa shape index (κ1) is 18.7. The molecule has 0 aliphatic rings. The molecule has 0 radical (unpaired) electrons. The number of ether oxygens (including phenoxy) is 1. The van der Waals surface area contributed by atoms with E-state index in [-0.39, 0.29) is 22.6 Å². The Morgan fingerprint density at radius 2 is 1.74 bits per heavy atom. The third-order valence-electron chi connectivity index (χ3n) is 3.85. The second kappa shape index (κ2) is 6.92. The minimum absolute atomic E-state index is 0.135. The monoisotopic (exact) mass is 395 g/mol. The maximum Gasteiger partial charge on any atom is 0.268 e. The van der Waals surface area contributed by atoms with Gasteiger partial charge in [0.15, 0.2) is 6.29 Å². The number of benzene rings is 2. The van der Waals surface area contributed by atoms with Crippen molar-refractivity contribution in [1.29, 1.82) is 0 Å². The molecule has 1 heterocycles. The highest BCUT2D eigenvalue weighted by molar-refractivity contribution is 7.90. The molecule has 3 rings (SSSR count). The number of methoxy groups -OCH3 is 1. The largest absolute Gasteiger partial charge is 0.494 e. The normalized spacial score (nSPS) is 11.4. The molecule has 0 bridgehead atoms. The minimum atomic E-state index is -4.41. The number of aromatic nitrogens is 1. The zero-order valence-corrected chi connectivity index (χ0v) is 14.6. The van der Waals surface area contributed by atoms with Crippen molar-refractivity contribution in [1.82, 2.24) is 3.97 Å². The molecule has 1 aromatic heterocycles. The third-order valence-corrected chi connectivity index (χ3v) is 5.51. The summed E-state index contributed by atoms with van der Waals surface area (Å²) in [5, 5.41) is 0. The van der Waals surface area contributed by atoms with Crippen molar-refractivity contribution >= 4 is 16.3 Å². The molecule has 0 spiro atoms. The first-order chi connectivity index (χ1) is 12.8. The fourth-order valence-corrected chi connectivity index (χ4v) is 4.04. The Labute approximate surface area is 152 Å². The molecule has 3 aromatic rings. The van der Waals surface area contributed by atoms with Gasteiger partial charge in [-0.1, -0.05) is 6.07 Å². The maximum absolute atomic E-state index is 14.3. The van der Waals surface area contributed by atoms with Gasteiger partial charge in [0.25, 0.3) is 10.0 Å². The molecule has 0 fully saturated rings. The lowest BCUT2D eigenvalue weighted by Gasteiger charge is -2.12. The van der Waals surface area contributed by atoms with Gasteiger partial charge in [-0.3, -0.25) is 4.79 Å². The van der Waals surface area contributed by atoms with Crippen molar-refractivity contribution < 1.29 is 31.1 Å². The number of hydrogen-bond donors (Lipinski definition) is 0. The number of carbonyl (C=O) groups is 1. The van der Waals surface area contributed by atoms with E-state index in [1.165, 1.54) is 13.2 Å². The predicted octanol–water partition coefficient (Wildman–Crippen LogP) is 3.63. The van der Waals surface area contributed by atoms with Gasteiger partial charge >= 0.3 is 0 Å². The van der Waals surface area contributed by atoms with Crippen LogP contribution in [0.3, 0.4) is 0 Å². The number of nitrogens with zero attached hydrogens (tertiary/aromatic N) is 1. The summed E-state index contributed by atoms with van der Waals surface area (Å²) in [5.41, 5.74) is -0.937. The SMILES string of the molecule is COc1cn(S(=O)(=O)c2cccc(F)c2)c(-c2ccc(F)cc2F)c1C=O. The Hall–Kier alpha value is -3.07. The van der Waals surface area contributed by atoms with Crippen molar-refractivity contribution in [2.75, 3.05) is 7.11 Å². The van der Waals surface area contributed by atoms with Gasteiger partial charge in [-0.2, -0.15) is 0 Å². The molecule has 5 nitrogen and oxygen atoms in total. The van der Waals surface area contributed by atoms with Crippen LogP contribution in [0.15, 0.2) is 53.6 Å². The third kappa shape index (κ3) is 3.21. The Bertz CT molecular complexity index is 1140. The Morgan fingerprint density at radius 1 is 1.04 bits per heavy atom. The smallest absolute Gasteiger partial charge is 0.268 e. The van der Waals surface area contributed by atoms with Crippen LogP contribution in [0.25, 0.3) is 11.3 Å². The van der Waals surface area contributed by atoms with Gasteiger partial charge in [0.2, 0.25) is 0 Å². The van der Waals surface area contributed by atoms with E-state index in [1.54, 1.807) is 0 Å². The van der Waals surface area contributed by atoms with E-state index < -0.39 is 32.4 Å². The van der Waals surface area contributed by atoms with Crippen LogP contribution in [0.5, 0.6) is 5.75 Å². The van der Waals surface area contributed by atoms with Crippen LogP contribution in [0.4, 0.5) is 13.2 Å². The van der Waals surface area contributed by atoms with Crippen LogP contribution in [0, 0.1) is 17.5 Å². The van der Waals surface area contributed by atoms with E-state index in [4.69, 9.17) is 4.74 Å². The Morgan fingerprint density at radius 3 is 2.33 bits per heavy atom. The van der Waals surface area contributed by atoms with Crippen molar-refractivity contribution in [2.45, 2.75) is 4.90 Å². The highest BCUT2D eigenvalue weighted by Crippen LogP contribution is 2.36. The number of hydrogen-bond acceptors (Lipinski definition) is 4. The molecule has 27 heavy (non-hydrogen) atoms. The summed E-state index contributed by atoms with van der Waals surface area (Å²) in [6.07, 6.45) is 1.27. The molecule has 0 atom stereocenters. The first-order valence-electron chi connectivity index (χ1n) is 7.50. The summed E-state index contributed by atoms with van der Waals surface area (Å²) in [7, 11) is -3.21. The van der Waals surface area contributed by atoms with Crippen molar-refractivity contribution in [2.24, 2.45) is 0 Å². The molecule has 0 unspecified atom stereocenters. The lowest BCUT2D eigenvalue weighted by atomic mass is 10.1. The summed E-state index contributed by atoms with van der Waals surface area (Å²) in [5.74, 6) is -2.87. The second-order valence-corrected chi connectivity index (χ2v) is 7.27. The van der Waals surface area contributed by atoms with Crippen LogP contribution in [-0.2, 0) is 10.0 Å².